The number of carbonyl (C=O) groups excluding carboxylic acids is 2. The highest BCUT2D eigenvalue weighted by Crippen LogP contribution is 2.08. The van der Waals surface area contributed by atoms with Crippen molar-refractivity contribution in [1.82, 2.24) is 9.80 Å². The largest absolute Gasteiger partial charge is 0.331 e. The summed E-state index contributed by atoms with van der Waals surface area (Å²) in [4.78, 5) is 24.5. The van der Waals surface area contributed by atoms with Crippen LogP contribution in [0.15, 0.2) is 5.10 Å². The maximum Gasteiger partial charge on any atom is 0.331 e. The number of carbonyl (C=O) groups is 2. The molecule has 0 aromatic carbocycles. The SMILES string of the molecule is CN1C(=O)C/C(=N/N)N(C)C1=O. The summed E-state index contributed by atoms with van der Waals surface area (Å²) < 4.78 is 0. The first kappa shape index (κ1) is 8.51. The van der Waals surface area contributed by atoms with Gasteiger partial charge in [-0.3, -0.25) is 14.6 Å². The van der Waals surface area contributed by atoms with Crippen LogP contribution in [0, 0.1) is 0 Å². The van der Waals surface area contributed by atoms with Crippen LogP contribution >= 0.6 is 0 Å². The van der Waals surface area contributed by atoms with Crippen molar-refractivity contribution >= 4 is 17.8 Å². The van der Waals surface area contributed by atoms with Crippen molar-refractivity contribution in [1.29, 1.82) is 0 Å². The van der Waals surface area contributed by atoms with Crippen LogP contribution in [0.5, 0.6) is 0 Å². The van der Waals surface area contributed by atoms with Gasteiger partial charge in [0.1, 0.15) is 5.84 Å². The van der Waals surface area contributed by atoms with Gasteiger partial charge < -0.3 is 5.84 Å². The number of nitrogens with zero attached hydrogens (tertiary/aromatic N) is 3. The molecule has 6 nitrogen and oxygen atoms in total. The summed E-state index contributed by atoms with van der Waals surface area (Å²) in [6.07, 6.45) is 0.0786. The van der Waals surface area contributed by atoms with E-state index in [2.05, 4.69) is 5.10 Å². The lowest BCUT2D eigenvalue weighted by Crippen LogP contribution is -2.51. The monoisotopic (exact) mass is 170 g/mol. The number of urea groups is 1. The van der Waals surface area contributed by atoms with Crippen LogP contribution in [0.3, 0.4) is 0 Å². The molecule has 66 valence electrons. The van der Waals surface area contributed by atoms with E-state index < -0.39 is 6.03 Å². The molecular weight excluding hydrogens is 160 g/mol. The van der Waals surface area contributed by atoms with Gasteiger partial charge in [0.25, 0.3) is 0 Å². The van der Waals surface area contributed by atoms with E-state index in [1.54, 1.807) is 0 Å². The van der Waals surface area contributed by atoms with E-state index in [0.29, 0.717) is 5.84 Å². The summed E-state index contributed by atoms with van der Waals surface area (Å²) in [7, 11) is 2.95. The van der Waals surface area contributed by atoms with Crippen LogP contribution in [0.4, 0.5) is 4.79 Å². The van der Waals surface area contributed by atoms with Gasteiger partial charge >= 0.3 is 6.03 Å². The molecule has 3 amide bonds. The van der Waals surface area contributed by atoms with Crippen molar-refractivity contribution < 1.29 is 9.59 Å². The first-order valence-electron chi connectivity index (χ1n) is 3.39. The predicted molar refractivity (Wildman–Crippen MR) is 42.2 cm³/mol. The lowest BCUT2D eigenvalue weighted by atomic mass is 10.3. The third kappa shape index (κ3) is 1.11. The van der Waals surface area contributed by atoms with Crippen LogP contribution in [0.25, 0.3) is 0 Å². The summed E-state index contributed by atoms with van der Waals surface area (Å²) in [5, 5.41) is 3.34. The standard InChI is InChI=1S/C6H10N4O2/c1-9-4(8-7)3-5(11)10(2)6(9)12/h3,7H2,1-2H3/b8-4-. The lowest BCUT2D eigenvalue weighted by molar-refractivity contribution is -0.127. The third-order valence-corrected chi connectivity index (χ3v) is 1.79. The van der Waals surface area contributed by atoms with Crippen molar-refractivity contribution in [3.8, 4) is 0 Å². The van der Waals surface area contributed by atoms with Crippen molar-refractivity contribution in [2.24, 2.45) is 10.9 Å². The molecule has 0 spiro atoms. The summed E-state index contributed by atoms with van der Waals surface area (Å²) in [6, 6.07) is -0.407. The molecule has 1 aliphatic rings. The molecule has 1 saturated heterocycles. The Morgan fingerprint density at radius 1 is 1.33 bits per heavy atom. The van der Waals surface area contributed by atoms with Crippen LogP contribution < -0.4 is 5.84 Å². The Hall–Kier alpha value is -1.59. The smallest absolute Gasteiger partial charge is 0.322 e. The molecule has 1 rings (SSSR count). The fourth-order valence-corrected chi connectivity index (χ4v) is 0.947. The molecule has 0 aromatic rings. The molecule has 0 atom stereocenters. The lowest BCUT2D eigenvalue weighted by Gasteiger charge is -2.29. The molecule has 0 bridgehead atoms. The summed E-state index contributed by atoms with van der Waals surface area (Å²) >= 11 is 0. The Kier molecular flexibility index (Phi) is 1.99. The van der Waals surface area contributed by atoms with Crippen LogP contribution in [-0.4, -0.2) is 41.7 Å². The summed E-state index contributed by atoms with van der Waals surface area (Å²) in [5.74, 6) is 4.99. The zero-order chi connectivity index (χ0) is 9.30. The Bertz CT molecular complexity index is 260. The average Bonchev–Trinajstić information content (AvgIpc) is 2.08. The second kappa shape index (κ2) is 2.80. The number of hydrogen-bond donors (Lipinski definition) is 1. The van der Waals surface area contributed by atoms with Gasteiger partial charge in [0.05, 0.1) is 6.42 Å². The molecule has 2 N–H and O–H groups in total. The molecule has 1 fully saturated rings. The van der Waals surface area contributed by atoms with Crippen molar-refractivity contribution in [2.75, 3.05) is 14.1 Å². The highest BCUT2D eigenvalue weighted by Gasteiger charge is 2.31. The number of nitrogens with two attached hydrogens (primary N) is 1. The predicted octanol–water partition coefficient (Wildman–Crippen LogP) is -0.827. The van der Waals surface area contributed by atoms with Crippen LogP contribution in [-0.2, 0) is 4.79 Å². The molecule has 0 unspecified atom stereocenters. The highest BCUT2D eigenvalue weighted by molar-refractivity contribution is 6.15. The fourth-order valence-electron chi connectivity index (χ4n) is 0.947. The van der Waals surface area contributed by atoms with Gasteiger partial charge in [-0.05, 0) is 0 Å². The minimum atomic E-state index is -0.407. The third-order valence-electron chi connectivity index (χ3n) is 1.79. The normalized spacial score (nSPS) is 22.3. The van der Waals surface area contributed by atoms with Crippen LogP contribution in [0.2, 0.25) is 0 Å². The fraction of sp³-hybridized carbons (Fsp3) is 0.500. The number of rotatable bonds is 0. The van der Waals surface area contributed by atoms with E-state index >= 15 is 0 Å². The van der Waals surface area contributed by atoms with Gasteiger partial charge in [0, 0.05) is 14.1 Å². The van der Waals surface area contributed by atoms with Crippen molar-refractivity contribution in [2.45, 2.75) is 6.42 Å². The topological polar surface area (TPSA) is 79.0 Å². The number of amides is 3. The van der Waals surface area contributed by atoms with Gasteiger partial charge in [-0.15, -0.1) is 0 Å². The molecule has 1 aliphatic heterocycles. The maximum absolute atomic E-state index is 11.2. The van der Waals surface area contributed by atoms with E-state index in [1.807, 2.05) is 0 Å². The molecule has 1 heterocycles. The maximum atomic E-state index is 11.2. The summed E-state index contributed by atoms with van der Waals surface area (Å²) in [5.41, 5.74) is 0. The molecule has 0 saturated carbocycles. The second-order valence-corrected chi connectivity index (χ2v) is 2.52. The van der Waals surface area contributed by atoms with Crippen LogP contribution in [0.1, 0.15) is 6.42 Å². The zero-order valence-electron chi connectivity index (χ0n) is 6.94. The first-order chi connectivity index (χ1) is 5.57. The van der Waals surface area contributed by atoms with Crippen molar-refractivity contribution in [3.05, 3.63) is 0 Å². The van der Waals surface area contributed by atoms with Gasteiger partial charge in [-0.25, -0.2) is 4.79 Å². The Morgan fingerprint density at radius 2 is 1.92 bits per heavy atom. The van der Waals surface area contributed by atoms with Gasteiger partial charge in [-0.2, -0.15) is 5.10 Å². The molecular formula is C6H10N4O2. The van der Waals surface area contributed by atoms with Gasteiger partial charge in [0.15, 0.2) is 0 Å². The van der Waals surface area contributed by atoms with E-state index in [0.717, 1.165) is 4.90 Å². The van der Waals surface area contributed by atoms with E-state index in [4.69, 9.17) is 5.84 Å². The molecule has 12 heavy (non-hydrogen) atoms. The quantitative estimate of drug-likeness (QED) is 0.380. The molecule has 0 radical (unpaired) electrons. The average molecular weight is 170 g/mol. The zero-order valence-corrected chi connectivity index (χ0v) is 6.94. The molecule has 0 aromatic heterocycles. The molecule has 0 aliphatic carbocycles. The van der Waals surface area contributed by atoms with E-state index in [1.165, 1.54) is 19.0 Å². The van der Waals surface area contributed by atoms with E-state index in [-0.39, 0.29) is 12.3 Å². The number of hydrazone groups is 1. The minimum Gasteiger partial charge on any atom is -0.322 e. The van der Waals surface area contributed by atoms with E-state index in [9.17, 15) is 9.59 Å². The Balaban J connectivity index is 2.92. The van der Waals surface area contributed by atoms with Crippen molar-refractivity contribution in [3.63, 3.8) is 0 Å². The van der Waals surface area contributed by atoms with Gasteiger partial charge in [0.2, 0.25) is 5.91 Å². The number of hydrogen-bond acceptors (Lipinski definition) is 4. The first-order valence-corrected chi connectivity index (χ1v) is 3.39. The Labute approximate surface area is 69.6 Å². The molecule has 6 heteroatoms. The minimum absolute atomic E-state index is 0.0786. The highest BCUT2D eigenvalue weighted by atomic mass is 16.2. The Morgan fingerprint density at radius 3 is 2.42 bits per heavy atom. The number of imide groups is 1. The van der Waals surface area contributed by atoms with Gasteiger partial charge in [-0.1, -0.05) is 0 Å². The second-order valence-electron chi connectivity index (χ2n) is 2.52. The summed E-state index contributed by atoms with van der Waals surface area (Å²) in [6.45, 7) is 0. The number of amidine groups is 1.